The van der Waals surface area contributed by atoms with E-state index in [1.165, 1.54) is 45.2 Å². The number of aliphatic hydroxyl groups excluding tert-OH is 1. The van der Waals surface area contributed by atoms with Gasteiger partial charge in [0.2, 0.25) is 0 Å². The van der Waals surface area contributed by atoms with Crippen molar-refractivity contribution in [2.45, 2.75) is 51.5 Å². The van der Waals surface area contributed by atoms with Crippen molar-refractivity contribution in [1.29, 1.82) is 0 Å². The van der Waals surface area contributed by atoms with Gasteiger partial charge in [0, 0.05) is 19.1 Å². The van der Waals surface area contributed by atoms with Gasteiger partial charge in [-0.15, -0.1) is 0 Å². The lowest BCUT2D eigenvalue weighted by Crippen LogP contribution is -2.61. The Kier molecular flexibility index (Phi) is 3.13. The Morgan fingerprint density at radius 2 is 1.86 bits per heavy atom. The third-order valence-corrected chi connectivity index (χ3v) is 4.19. The number of hydrogen-bond acceptors (Lipinski definition) is 2. The van der Waals surface area contributed by atoms with Gasteiger partial charge in [-0.3, -0.25) is 4.90 Å². The first-order chi connectivity index (χ1) is 6.79. The second kappa shape index (κ2) is 4.19. The van der Waals surface area contributed by atoms with Crippen LogP contribution < -0.4 is 0 Å². The highest BCUT2D eigenvalue weighted by atomic mass is 16.3. The van der Waals surface area contributed by atoms with Crippen molar-refractivity contribution < 1.29 is 5.11 Å². The second-order valence-electron chi connectivity index (χ2n) is 5.21. The van der Waals surface area contributed by atoms with Crippen LogP contribution in [0.2, 0.25) is 0 Å². The fourth-order valence-corrected chi connectivity index (χ4v) is 3.19. The van der Waals surface area contributed by atoms with Crippen LogP contribution in [0.1, 0.15) is 45.4 Å². The summed E-state index contributed by atoms with van der Waals surface area (Å²) in [6.07, 6.45) is 8.27. The van der Waals surface area contributed by atoms with Crippen LogP contribution in [0, 0.1) is 5.41 Å². The lowest BCUT2D eigenvalue weighted by Gasteiger charge is -2.55. The van der Waals surface area contributed by atoms with Crippen molar-refractivity contribution in [1.82, 2.24) is 4.90 Å². The number of hydrogen-bond donors (Lipinski definition) is 1. The average molecular weight is 197 g/mol. The largest absolute Gasteiger partial charge is 0.395 e. The SMILES string of the molecule is CCC(CO)N1CC2(CCCCC2)C1. The van der Waals surface area contributed by atoms with Crippen molar-refractivity contribution in [3.8, 4) is 0 Å². The molecule has 2 nitrogen and oxygen atoms in total. The van der Waals surface area contributed by atoms with E-state index in [0.29, 0.717) is 18.1 Å². The molecule has 2 aliphatic rings. The summed E-state index contributed by atoms with van der Waals surface area (Å²) in [4.78, 5) is 2.48. The molecule has 1 unspecified atom stereocenters. The lowest BCUT2D eigenvalue weighted by molar-refractivity contribution is -0.0670. The Bertz CT molecular complexity index is 175. The Balaban J connectivity index is 1.82. The van der Waals surface area contributed by atoms with Crippen molar-refractivity contribution in [2.75, 3.05) is 19.7 Å². The summed E-state index contributed by atoms with van der Waals surface area (Å²) >= 11 is 0. The fourth-order valence-electron chi connectivity index (χ4n) is 3.19. The van der Waals surface area contributed by atoms with Gasteiger partial charge in [0.1, 0.15) is 0 Å². The van der Waals surface area contributed by atoms with Crippen molar-refractivity contribution in [3.05, 3.63) is 0 Å². The summed E-state index contributed by atoms with van der Waals surface area (Å²) in [7, 11) is 0. The third kappa shape index (κ3) is 1.82. The van der Waals surface area contributed by atoms with Crippen molar-refractivity contribution in [2.24, 2.45) is 5.41 Å². The molecule has 0 amide bonds. The van der Waals surface area contributed by atoms with Gasteiger partial charge in [-0.25, -0.2) is 0 Å². The van der Waals surface area contributed by atoms with E-state index in [1.54, 1.807) is 0 Å². The molecule has 0 aromatic carbocycles. The molecule has 0 bridgehead atoms. The molecule has 1 spiro atoms. The molecule has 1 saturated heterocycles. The number of rotatable bonds is 3. The quantitative estimate of drug-likeness (QED) is 0.748. The first-order valence-corrected chi connectivity index (χ1v) is 6.14. The molecule has 0 aromatic rings. The highest BCUT2D eigenvalue weighted by molar-refractivity contribution is 4.98. The topological polar surface area (TPSA) is 23.5 Å². The molecule has 0 radical (unpaired) electrons. The standard InChI is InChI=1S/C12H23NO/c1-2-11(8-14)13-9-12(10-13)6-4-3-5-7-12/h11,14H,2-10H2,1H3. The number of nitrogens with zero attached hydrogens (tertiary/aromatic N) is 1. The highest BCUT2D eigenvalue weighted by Gasteiger charge is 2.44. The molecule has 1 aliphatic carbocycles. The molecule has 1 aliphatic heterocycles. The zero-order chi connectivity index (χ0) is 10.0. The summed E-state index contributed by atoms with van der Waals surface area (Å²) in [6.45, 7) is 5.03. The van der Waals surface area contributed by atoms with Crippen LogP contribution in [0.25, 0.3) is 0 Å². The molecule has 82 valence electrons. The van der Waals surface area contributed by atoms with Crippen molar-refractivity contribution >= 4 is 0 Å². The summed E-state index contributed by atoms with van der Waals surface area (Å²) in [5, 5.41) is 9.21. The second-order valence-corrected chi connectivity index (χ2v) is 5.21. The van der Waals surface area contributed by atoms with Crippen molar-refractivity contribution in [3.63, 3.8) is 0 Å². The molecule has 0 aromatic heterocycles. The molecule has 2 fully saturated rings. The van der Waals surface area contributed by atoms with E-state index >= 15 is 0 Å². The van der Waals surface area contributed by atoms with Crippen LogP contribution in [-0.2, 0) is 0 Å². The van der Waals surface area contributed by atoms with Crippen LogP contribution in [0.5, 0.6) is 0 Å². The van der Waals surface area contributed by atoms with E-state index in [-0.39, 0.29) is 0 Å². The van der Waals surface area contributed by atoms with Gasteiger partial charge in [-0.2, -0.15) is 0 Å². The maximum atomic E-state index is 9.21. The molecule has 1 atom stereocenters. The predicted molar refractivity (Wildman–Crippen MR) is 58.3 cm³/mol. The van der Waals surface area contributed by atoms with Crippen LogP contribution in [0.15, 0.2) is 0 Å². The zero-order valence-electron chi connectivity index (χ0n) is 9.34. The Morgan fingerprint density at radius 3 is 2.36 bits per heavy atom. The Labute approximate surface area is 87.3 Å². The van der Waals surface area contributed by atoms with Gasteiger partial charge in [0.05, 0.1) is 6.61 Å². The summed E-state index contributed by atoms with van der Waals surface area (Å²) in [5.74, 6) is 0. The summed E-state index contributed by atoms with van der Waals surface area (Å²) in [5.41, 5.74) is 0.668. The van der Waals surface area contributed by atoms with E-state index in [1.807, 2.05) is 0 Å². The predicted octanol–water partition coefficient (Wildman–Crippen LogP) is 2.02. The van der Waals surface area contributed by atoms with Gasteiger partial charge >= 0.3 is 0 Å². The van der Waals surface area contributed by atoms with E-state index in [0.717, 1.165) is 6.42 Å². The number of aliphatic hydroxyl groups is 1. The summed E-state index contributed by atoms with van der Waals surface area (Å²) in [6, 6.07) is 0.433. The fraction of sp³-hybridized carbons (Fsp3) is 1.00. The molecular weight excluding hydrogens is 174 g/mol. The molecule has 1 N–H and O–H groups in total. The van der Waals surface area contributed by atoms with Crippen LogP contribution in [-0.4, -0.2) is 35.7 Å². The molecular formula is C12H23NO. The zero-order valence-corrected chi connectivity index (χ0v) is 9.34. The van der Waals surface area contributed by atoms with Crippen LogP contribution >= 0.6 is 0 Å². The molecule has 1 heterocycles. The van der Waals surface area contributed by atoms with Gasteiger partial charge in [-0.05, 0) is 24.7 Å². The van der Waals surface area contributed by atoms with Gasteiger partial charge < -0.3 is 5.11 Å². The molecule has 1 saturated carbocycles. The maximum Gasteiger partial charge on any atom is 0.0586 e. The Morgan fingerprint density at radius 1 is 1.21 bits per heavy atom. The third-order valence-electron chi connectivity index (χ3n) is 4.19. The Hall–Kier alpha value is -0.0800. The molecule has 2 heteroatoms. The van der Waals surface area contributed by atoms with Crippen LogP contribution in [0.4, 0.5) is 0 Å². The highest BCUT2D eigenvalue weighted by Crippen LogP contribution is 2.44. The molecule has 14 heavy (non-hydrogen) atoms. The normalized spacial score (nSPS) is 28.7. The van der Waals surface area contributed by atoms with Gasteiger partial charge in [-0.1, -0.05) is 26.2 Å². The summed E-state index contributed by atoms with van der Waals surface area (Å²) < 4.78 is 0. The maximum absolute atomic E-state index is 9.21. The van der Waals surface area contributed by atoms with E-state index in [4.69, 9.17) is 0 Å². The average Bonchev–Trinajstić information content (AvgIpc) is 2.19. The first kappa shape index (κ1) is 10.4. The van der Waals surface area contributed by atoms with Gasteiger partial charge in [0.25, 0.3) is 0 Å². The monoisotopic (exact) mass is 197 g/mol. The van der Waals surface area contributed by atoms with Crippen LogP contribution in [0.3, 0.4) is 0 Å². The van der Waals surface area contributed by atoms with E-state index in [2.05, 4.69) is 11.8 Å². The minimum absolute atomic E-state index is 0.340. The minimum atomic E-state index is 0.340. The van der Waals surface area contributed by atoms with E-state index < -0.39 is 0 Å². The smallest absolute Gasteiger partial charge is 0.0586 e. The van der Waals surface area contributed by atoms with E-state index in [9.17, 15) is 5.11 Å². The first-order valence-electron chi connectivity index (χ1n) is 6.14. The minimum Gasteiger partial charge on any atom is -0.395 e. The lowest BCUT2D eigenvalue weighted by atomic mass is 9.68. The molecule has 2 rings (SSSR count). The number of likely N-dealkylation sites (tertiary alicyclic amines) is 1. The van der Waals surface area contributed by atoms with Gasteiger partial charge in [0.15, 0.2) is 0 Å².